The Kier molecular flexibility index (Phi) is 2.14. The Morgan fingerprint density at radius 2 is 2.64 bits per heavy atom. The molecule has 1 aromatic heterocycles. The Bertz CT molecular complexity index is 208. The summed E-state index contributed by atoms with van der Waals surface area (Å²) >= 11 is 1.76. The summed E-state index contributed by atoms with van der Waals surface area (Å²) in [4.78, 5) is 7.16. The largest absolute Gasteiger partial charge is 0.381 e. The third-order valence-electron chi connectivity index (χ3n) is 1.64. The molecule has 0 atom stereocenters. The van der Waals surface area contributed by atoms with E-state index in [-0.39, 0.29) is 0 Å². The molecule has 0 unspecified atom stereocenters. The summed E-state index contributed by atoms with van der Waals surface area (Å²) in [5, 5.41) is 1.01. The normalized spacial score (nSPS) is 18.2. The molecule has 0 spiro atoms. The van der Waals surface area contributed by atoms with Crippen LogP contribution in [0.2, 0.25) is 0 Å². The van der Waals surface area contributed by atoms with Crippen LogP contribution in [0.25, 0.3) is 0 Å². The highest BCUT2D eigenvalue weighted by Crippen LogP contribution is 2.20. The van der Waals surface area contributed by atoms with Crippen molar-refractivity contribution in [1.29, 1.82) is 0 Å². The SMILES string of the molecule is c1c[nH]c(SCC2COC2)n1. The van der Waals surface area contributed by atoms with Gasteiger partial charge >= 0.3 is 0 Å². The summed E-state index contributed by atoms with van der Waals surface area (Å²) in [6.07, 6.45) is 3.62. The van der Waals surface area contributed by atoms with E-state index in [1.807, 2.05) is 6.20 Å². The van der Waals surface area contributed by atoms with E-state index >= 15 is 0 Å². The summed E-state index contributed by atoms with van der Waals surface area (Å²) in [5.74, 6) is 1.86. The molecule has 2 heterocycles. The minimum Gasteiger partial charge on any atom is -0.381 e. The number of H-pyrrole nitrogens is 1. The van der Waals surface area contributed by atoms with Crippen LogP contribution in [0.3, 0.4) is 0 Å². The lowest BCUT2D eigenvalue weighted by Crippen LogP contribution is -2.29. The van der Waals surface area contributed by atoms with Gasteiger partial charge in [-0.3, -0.25) is 0 Å². The molecule has 0 aliphatic carbocycles. The van der Waals surface area contributed by atoms with Gasteiger partial charge in [0, 0.05) is 24.1 Å². The van der Waals surface area contributed by atoms with Crippen LogP contribution in [0.4, 0.5) is 0 Å². The maximum Gasteiger partial charge on any atom is 0.165 e. The van der Waals surface area contributed by atoms with Crippen molar-refractivity contribution in [2.45, 2.75) is 5.16 Å². The molecule has 1 aliphatic heterocycles. The highest BCUT2D eigenvalue weighted by Gasteiger charge is 2.18. The average Bonchev–Trinajstić information content (AvgIpc) is 2.36. The van der Waals surface area contributed by atoms with Gasteiger partial charge in [0.15, 0.2) is 5.16 Å². The van der Waals surface area contributed by atoms with Crippen LogP contribution in [0, 0.1) is 5.92 Å². The third-order valence-corrected chi connectivity index (χ3v) is 2.77. The van der Waals surface area contributed by atoms with E-state index in [0.717, 1.165) is 30.0 Å². The van der Waals surface area contributed by atoms with E-state index in [1.54, 1.807) is 18.0 Å². The molecule has 4 heteroatoms. The van der Waals surface area contributed by atoms with Crippen LogP contribution < -0.4 is 0 Å². The lowest BCUT2D eigenvalue weighted by atomic mass is 10.1. The van der Waals surface area contributed by atoms with Crippen molar-refractivity contribution in [2.75, 3.05) is 19.0 Å². The summed E-state index contributed by atoms with van der Waals surface area (Å²) < 4.78 is 5.06. The van der Waals surface area contributed by atoms with Crippen molar-refractivity contribution >= 4 is 11.8 Å². The van der Waals surface area contributed by atoms with Gasteiger partial charge in [0.25, 0.3) is 0 Å². The minimum absolute atomic E-state index is 0.741. The average molecular weight is 170 g/mol. The molecular weight excluding hydrogens is 160 g/mol. The lowest BCUT2D eigenvalue weighted by molar-refractivity contribution is -0.0196. The first kappa shape index (κ1) is 7.18. The fourth-order valence-electron chi connectivity index (χ4n) is 0.907. The fourth-order valence-corrected chi connectivity index (χ4v) is 1.78. The van der Waals surface area contributed by atoms with Gasteiger partial charge in [-0.25, -0.2) is 4.98 Å². The maximum absolute atomic E-state index is 5.06. The first-order valence-electron chi connectivity index (χ1n) is 3.65. The van der Waals surface area contributed by atoms with Crippen LogP contribution >= 0.6 is 11.8 Å². The van der Waals surface area contributed by atoms with Gasteiger partial charge in [-0.15, -0.1) is 0 Å². The molecule has 0 radical (unpaired) electrons. The van der Waals surface area contributed by atoms with Crippen LogP contribution in [0.5, 0.6) is 0 Å². The number of ether oxygens (including phenoxy) is 1. The summed E-state index contributed by atoms with van der Waals surface area (Å²) in [6, 6.07) is 0. The second-order valence-electron chi connectivity index (χ2n) is 2.61. The van der Waals surface area contributed by atoms with E-state index in [1.165, 1.54) is 0 Å². The highest BCUT2D eigenvalue weighted by atomic mass is 32.2. The van der Waals surface area contributed by atoms with Crippen LogP contribution in [0.15, 0.2) is 17.6 Å². The zero-order chi connectivity index (χ0) is 7.52. The van der Waals surface area contributed by atoms with Gasteiger partial charge in [-0.1, -0.05) is 11.8 Å². The Balaban J connectivity index is 1.74. The standard InChI is InChI=1S/C7H10N2OS/c1-2-9-7(8-1)11-5-6-3-10-4-6/h1-2,6H,3-5H2,(H,8,9). The topological polar surface area (TPSA) is 37.9 Å². The molecule has 1 fully saturated rings. The van der Waals surface area contributed by atoms with Gasteiger partial charge < -0.3 is 9.72 Å². The Labute approximate surface area is 69.6 Å². The molecule has 0 amide bonds. The van der Waals surface area contributed by atoms with Gasteiger partial charge in [0.05, 0.1) is 13.2 Å². The van der Waals surface area contributed by atoms with Crippen molar-refractivity contribution in [3.8, 4) is 0 Å². The van der Waals surface area contributed by atoms with E-state index in [4.69, 9.17) is 4.74 Å². The Hall–Kier alpha value is -0.480. The molecule has 2 rings (SSSR count). The van der Waals surface area contributed by atoms with E-state index in [2.05, 4.69) is 9.97 Å². The molecule has 0 bridgehead atoms. The number of nitrogens with zero attached hydrogens (tertiary/aromatic N) is 1. The van der Waals surface area contributed by atoms with Gasteiger partial charge in [-0.05, 0) is 0 Å². The predicted molar refractivity (Wildman–Crippen MR) is 43.6 cm³/mol. The maximum atomic E-state index is 5.06. The number of rotatable bonds is 3. The third kappa shape index (κ3) is 1.75. The smallest absolute Gasteiger partial charge is 0.165 e. The van der Waals surface area contributed by atoms with Crippen molar-refractivity contribution in [1.82, 2.24) is 9.97 Å². The molecule has 60 valence electrons. The van der Waals surface area contributed by atoms with E-state index in [0.29, 0.717) is 0 Å². The first-order valence-corrected chi connectivity index (χ1v) is 4.63. The molecular formula is C7H10N2OS. The van der Waals surface area contributed by atoms with Crippen molar-refractivity contribution in [2.24, 2.45) is 5.92 Å². The van der Waals surface area contributed by atoms with Crippen LogP contribution in [-0.4, -0.2) is 28.9 Å². The number of aromatic nitrogens is 2. The lowest BCUT2D eigenvalue weighted by Gasteiger charge is -2.24. The van der Waals surface area contributed by atoms with Crippen LogP contribution in [-0.2, 0) is 4.74 Å². The second-order valence-corrected chi connectivity index (χ2v) is 3.62. The number of nitrogens with one attached hydrogen (secondary N) is 1. The van der Waals surface area contributed by atoms with E-state index in [9.17, 15) is 0 Å². The van der Waals surface area contributed by atoms with Crippen molar-refractivity contribution in [3.05, 3.63) is 12.4 Å². The highest BCUT2D eigenvalue weighted by molar-refractivity contribution is 7.99. The Morgan fingerprint density at radius 1 is 1.73 bits per heavy atom. The van der Waals surface area contributed by atoms with Crippen molar-refractivity contribution in [3.63, 3.8) is 0 Å². The fraction of sp³-hybridized carbons (Fsp3) is 0.571. The minimum atomic E-state index is 0.741. The van der Waals surface area contributed by atoms with Crippen molar-refractivity contribution < 1.29 is 4.74 Å². The summed E-state index contributed by atoms with van der Waals surface area (Å²) in [7, 11) is 0. The molecule has 1 aromatic rings. The predicted octanol–water partition coefficient (Wildman–Crippen LogP) is 1.15. The quantitative estimate of drug-likeness (QED) is 0.691. The zero-order valence-corrected chi connectivity index (χ0v) is 6.93. The molecule has 0 aromatic carbocycles. The molecule has 0 saturated carbocycles. The number of thioether (sulfide) groups is 1. The Morgan fingerprint density at radius 3 is 3.18 bits per heavy atom. The second kappa shape index (κ2) is 3.28. The molecule has 1 saturated heterocycles. The van der Waals surface area contributed by atoms with Crippen LogP contribution in [0.1, 0.15) is 0 Å². The van der Waals surface area contributed by atoms with Gasteiger partial charge in [0.2, 0.25) is 0 Å². The molecule has 1 aliphatic rings. The zero-order valence-electron chi connectivity index (χ0n) is 6.12. The van der Waals surface area contributed by atoms with E-state index < -0.39 is 0 Å². The number of hydrogen-bond acceptors (Lipinski definition) is 3. The van der Waals surface area contributed by atoms with Gasteiger partial charge in [-0.2, -0.15) is 0 Å². The van der Waals surface area contributed by atoms with Gasteiger partial charge in [0.1, 0.15) is 0 Å². The summed E-state index contributed by atoms with van der Waals surface area (Å²) in [5.41, 5.74) is 0. The first-order chi connectivity index (χ1) is 5.45. The monoisotopic (exact) mass is 170 g/mol. The molecule has 11 heavy (non-hydrogen) atoms. The number of imidazole rings is 1. The molecule has 1 N–H and O–H groups in total. The molecule has 3 nitrogen and oxygen atoms in total. The number of hydrogen-bond donors (Lipinski definition) is 1. The number of aromatic amines is 1. The summed E-state index contributed by atoms with van der Waals surface area (Å²) in [6.45, 7) is 1.85.